The van der Waals surface area contributed by atoms with E-state index in [0.717, 1.165) is 0 Å². The van der Waals surface area contributed by atoms with Crippen LogP contribution < -0.4 is 5.32 Å². The fourth-order valence-electron chi connectivity index (χ4n) is 1.00. The summed E-state index contributed by atoms with van der Waals surface area (Å²) in [5.74, 6) is -0.132. The molecule has 84 valence electrons. The van der Waals surface area contributed by atoms with Gasteiger partial charge in [-0.25, -0.2) is 4.98 Å². The van der Waals surface area contributed by atoms with Crippen molar-refractivity contribution in [3.8, 4) is 0 Å². The Labute approximate surface area is 87.2 Å². The van der Waals surface area contributed by atoms with Crippen molar-refractivity contribution in [3.05, 3.63) is 12.2 Å². The molecule has 0 saturated carbocycles. The second-order valence-corrected chi connectivity index (χ2v) is 2.86. The maximum atomic E-state index is 11.4. The number of aromatic amines is 1. The second-order valence-electron chi connectivity index (χ2n) is 2.86. The van der Waals surface area contributed by atoms with Crippen LogP contribution in [0.1, 0.15) is 10.6 Å². The lowest BCUT2D eigenvalue weighted by Crippen LogP contribution is -2.36. The summed E-state index contributed by atoms with van der Waals surface area (Å²) in [6, 6.07) is 0. The normalized spacial score (nSPS) is 12.4. The quantitative estimate of drug-likeness (QED) is 0.647. The molecule has 0 spiro atoms. The minimum Gasteiger partial charge on any atom is -0.382 e. The monoisotopic (exact) mass is 214 g/mol. The van der Waals surface area contributed by atoms with Crippen LogP contribution >= 0.6 is 0 Å². The molecule has 0 aliphatic rings. The van der Waals surface area contributed by atoms with E-state index >= 15 is 0 Å². The third kappa shape index (κ3) is 3.64. The van der Waals surface area contributed by atoms with Crippen molar-refractivity contribution in [3.63, 3.8) is 0 Å². The molecular formula is C8H14N4O3. The standard InChI is InChI=1S/C8H14N4O3/c1-14-4-6(15-2)3-9-8(13)7-10-5-11-12-7/h5-6H,3-4H2,1-2H3,(H,9,13)(H,10,11,12). The molecule has 1 atom stereocenters. The van der Waals surface area contributed by atoms with E-state index in [9.17, 15) is 4.79 Å². The van der Waals surface area contributed by atoms with Gasteiger partial charge in [-0.2, -0.15) is 5.10 Å². The first kappa shape index (κ1) is 11.6. The number of hydrogen-bond donors (Lipinski definition) is 2. The Kier molecular flexibility index (Phi) is 4.72. The molecule has 15 heavy (non-hydrogen) atoms. The Hall–Kier alpha value is -1.47. The van der Waals surface area contributed by atoms with Gasteiger partial charge in [-0.1, -0.05) is 0 Å². The summed E-state index contributed by atoms with van der Waals surface area (Å²) in [6.45, 7) is 0.789. The minimum atomic E-state index is -0.314. The largest absolute Gasteiger partial charge is 0.382 e. The average Bonchev–Trinajstić information content (AvgIpc) is 2.77. The molecule has 0 fully saturated rings. The number of carbonyl (C=O) groups is 1. The number of hydrogen-bond acceptors (Lipinski definition) is 5. The van der Waals surface area contributed by atoms with Crippen molar-refractivity contribution in [2.24, 2.45) is 0 Å². The van der Waals surface area contributed by atoms with E-state index in [1.807, 2.05) is 0 Å². The van der Waals surface area contributed by atoms with Crippen molar-refractivity contribution in [1.82, 2.24) is 20.5 Å². The first-order valence-corrected chi connectivity index (χ1v) is 4.43. The zero-order chi connectivity index (χ0) is 11.1. The Balaban J connectivity index is 2.33. The predicted octanol–water partition coefficient (Wildman–Crippen LogP) is -0.804. The Morgan fingerprint density at radius 3 is 3.00 bits per heavy atom. The van der Waals surface area contributed by atoms with Crippen molar-refractivity contribution >= 4 is 5.91 Å². The molecule has 0 aromatic carbocycles. The molecule has 2 N–H and O–H groups in total. The van der Waals surface area contributed by atoms with Gasteiger partial charge in [-0.15, -0.1) is 0 Å². The van der Waals surface area contributed by atoms with Crippen LogP contribution in [0, 0.1) is 0 Å². The highest BCUT2D eigenvalue weighted by Gasteiger charge is 2.12. The zero-order valence-corrected chi connectivity index (χ0v) is 8.69. The first-order chi connectivity index (χ1) is 7.27. The van der Waals surface area contributed by atoms with E-state index in [0.29, 0.717) is 13.2 Å². The van der Waals surface area contributed by atoms with Gasteiger partial charge in [-0.05, 0) is 0 Å². The number of ether oxygens (including phenoxy) is 2. The Bertz CT molecular complexity index is 288. The van der Waals surface area contributed by atoms with Gasteiger partial charge >= 0.3 is 0 Å². The fourth-order valence-corrected chi connectivity index (χ4v) is 1.00. The molecule has 0 bridgehead atoms. The van der Waals surface area contributed by atoms with E-state index in [2.05, 4.69) is 20.5 Å². The van der Waals surface area contributed by atoms with Gasteiger partial charge in [0.05, 0.1) is 12.7 Å². The zero-order valence-electron chi connectivity index (χ0n) is 8.69. The maximum absolute atomic E-state index is 11.4. The number of rotatable bonds is 6. The summed E-state index contributed by atoms with van der Waals surface area (Å²) < 4.78 is 9.98. The Morgan fingerprint density at radius 2 is 2.47 bits per heavy atom. The fraction of sp³-hybridized carbons (Fsp3) is 0.625. The number of nitrogens with zero attached hydrogens (tertiary/aromatic N) is 2. The Morgan fingerprint density at radius 1 is 1.67 bits per heavy atom. The predicted molar refractivity (Wildman–Crippen MR) is 51.4 cm³/mol. The van der Waals surface area contributed by atoms with Crippen LogP contribution in [0.4, 0.5) is 0 Å². The lowest BCUT2D eigenvalue weighted by molar-refractivity contribution is 0.0284. The van der Waals surface area contributed by atoms with Gasteiger partial charge in [0.1, 0.15) is 6.33 Å². The summed E-state index contributed by atoms with van der Waals surface area (Å²) >= 11 is 0. The van der Waals surface area contributed by atoms with Crippen LogP contribution in [0.5, 0.6) is 0 Å². The molecule has 0 aliphatic carbocycles. The summed E-state index contributed by atoms with van der Waals surface area (Å²) in [5.41, 5.74) is 0. The third-order valence-corrected chi connectivity index (χ3v) is 1.81. The van der Waals surface area contributed by atoms with E-state index in [-0.39, 0.29) is 17.8 Å². The highest BCUT2D eigenvalue weighted by molar-refractivity contribution is 5.90. The first-order valence-electron chi connectivity index (χ1n) is 4.43. The molecule has 0 aliphatic heterocycles. The summed E-state index contributed by atoms with van der Waals surface area (Å²) in [5, 5.41) is 8.68. The van der Waals surface area contributed by atoms with Crippen LogP contribution in [0.3, 0.4) is 0 Å². The molecule has 1 aromatic heterocycles. The average molecular weight is 214 g/mol. The highest BCUT2D eigenvalue weighted by atomic mass is 16.5. The number of nitrogens with one attached hydrogen (secondary N) is 2. The second kappa shape index (κ2) is 6.10. The van der Waals surface area contributed by atoms with Crippen LogP contribution in [0.15, 0.2) is 6.33 Å². The van der Waals surface area contributed by atoms with Crippen LogP contribution in [-0.2, 0) is 9.47 Å². The van der Waals surface area contributed by atoms with Gasteiger partial charge in [0.15, 0.2) is 0 Å². The molecule has 0 saturated heterocycles. The van der Waals surface area contributed by atoms with Gasteiger partial charge in [0.25, 0.3) is 5.91 Å². The van der Waals surface area contributed by atoms with E-state index in [4.69, 9.17) is 9.47 Å². The van der Waals surface area contributed by atoms with Gasteiger partial charge in [0.2, 0.25) is 5.82 Å². The molecule has 7 nitrogen and oxygen atoms in total. The number of carbonyl (C=O) groups excluding carboxylic acids is 1. The highest BCUT2D eigenvalue weighted by Crippen LogP contribution is 1.90. The van der Waals surface area contributed by atoms with Crippen LogP contribution in [0.2, 0.25) is 0 Å². The lowest BCUT2D eigenvalue weighted by atomic mass is 10.3. The minimum absolute atomic E-state index is 0.165. The molecule has 1 heterocycles. The molecule has 1 unspecified atom stereocenters. The lowest BCUT2D eigenvalue weighted by Gasteiger charge is -2.14. The van der Waals surface area contributed by atoms with Gasteiger partial charge < -0.3 is 14.8 Å². The molecule has 1 rings (SSSR count). The topological polar surface area (TPSA) is 89.1 Å². The summed E-state index contributed by atoms with van der Waals surface area (Å²) in [6.07, 6.45) is 1.11. The third-order valence-electron chi connectivity index (χ3n) is 1.81. The summed E-state index contributed by atoms with van der Waals surface area (Å²) in [7, 11) is 3.13. The number of amides is 1. The number of H-pyrrole nitrogens is 1. The van der Waals surface area contributed by atoms with E-state index in [1.165, 1.54) is 6.33 Å². The molecular weight excluding hydrogens is 200 g/mol. The molecule has 1 amide bonds. The SMILES string of the molecule is COCC(CNC(=O)c1ncn[nH]1)OC. The smallest absolute Gasteiger partial charge is 0.288 e. The van der Waals surface area contributed by atoms with E-state index in [1.54, 1.807) is 14.2 Å². The van der Waals surface area contributed by atoms with Gasteiger partial charge in [-0.3, -0.25) is 9.89 Å². The molecule has 1 aromatic rings. The number of methoxy groups -OCH3 is 2. The summed E-state index contributed by atoms with van der Waals surface area (Å²) in [4.78, 5) is 15.1. The van der Waals surface area contributed by atoms with E-state index < -0.39 is 0 Å². The molecule has 0 radical (unpaired) electrons. The van der Waals surface area contributed by atoms with Crippen molar-refractivity contribution in [2.75, 3.05) is 27.4 Å². The maximum Gasteiger partial charge on any atom is 0.288 e. The van der Waals surface area contributed by atoms with Crippen LogP contribution in [-0.4, -0.2) is 54.6 Å². The molecule has 7 heteroatoms. The van der Waals surface area contributed by atoms with Gasteiger partial charge in [0, 0.05) is 20.8 Å². The van der Waals surface area contributed by atoms with Crippen molar-refractivity contribution < 1.29 is 14.3 Å². The van der Waals surface area contributed by atoms with Crippen molar-refractivity contribution in [2.45, 2.75) is 6.10 Å². The van der Waals surface area contributed by atoms with Crippen molar-refractivity contribution in [1.29, 1.82) is 0 Å². The number of aromatic nitrogens is 3. The van der Waals surface area contributed by atoms with Crippen LogP contribution in [0.25, 0.3) is 0 Å².